The molecule has 0 aliphatic carbocycles. The lowest BCUT2D eigenvalue weighted by Crippen LogP contribution is -2.66. The molecule has 0 aromatic heterocycles. The Morgan fingerprint density at radius 3 is 1.71 bits per heavy atom. The van der Waals surface area contributed by atoms with Crippen LogP contribution in [0.25, 0.3) is 0 Å². The van der Waals surface area contributed by atoms with Crippen LogP contribution < -0.4 is 0 Å². The Kier molecular flexibility index (Phi) is 14.0. The predicted molar refractivity (Wildman–Crippen MR) is 165 cm³/mol. The fraction of sp³-hybridized carbons (Fsp3) is 0.529. The molecular weight excluding hydrogens is 648 g/mol. The summed E-state index contributed by atoms with van der Waals surface area (Å²) >= 11 is 0. The summed E-state index contributed by atoms with van der Waals surface area (Å²) < 4.78 is 51.8. The molecule has 2 saturated heterocycles. The second kappa shape index (κ2) is 18.2. The molecule has 15 heteroatoms. The van der Waals surface area contributed by atoms with Gasteiger partial charge in [0.1, 0.15) is 37.1 Å². The van der Waals surface area contributed by atoms with Gasteiger partial charge in [0.2, 0.25) is 0 Å². The number of benzene rings is 2. The van der Waals surface area contributed by atoms with Crippen molar-refractivity contribution in [3.8, 4) is 0 Å². The van der Waals surface area contributed by atoms with E-state index in [1.807, 2.05) is 60.7 Å². The Labute approximate surface area is 283 Å². The van der Waals surface area contributed by atoms with E-state index < -0.39 is 91.9 Å². The summed E-state index contributed by atoms with van der Waals surface area (Å²) in [7, 11) is 0. The molecule has 2 aliphatic heterocycles. The van der Waals surface area contributed by atoms with Crippen LogP contribution in [0.15, 0.2) is 60.7 Å². The summed E-state index contributed by atoms with van der Waals surface area (Å²) in [4.78, 5) is 48.4. The van der Waals surface area contributed by atoms with Gasteiger partial charge in [-0.05, 0) is 11.1 Å². The number of aliphatic hydroxyl groups is 2. The Balaban J connectivity index is 1.68. The predicted octanol–water partition coefficient (Wildman–Crippen LogP) is 1.34. The maximum atomic E-state index is 12.3. The molecule has 268 valence electrons. The van der Waals surface area contributed by atoms with Crippen LogP contribution in [-0.4, -0.2) is 109 Å². The minimum absolute atomic E-state index is 0.0330. The zero-order valence-corrected chi connectivity index (χ0v) is 27.6. The highest BCUT2D eigenvalue weighted by Gasteiger charge is 2.56. The lowest BCUT2D eigenvalue weighted by Gasteiger charge is -2.48. The van der Waals surface area contributed by atoms with Gasteiger partial charge in [0.05, 0.1) is 19.8 Å². The van der Waals surface area contributed by atoms with Crippen molar-refractivity contribution in [1.29, 1.82) is 0 Å². The van der Waals surface area contributed by atoms with E-state index in [9.17, 15) is 29.4 Å². The molecule has 2 aliphatic rings. The zero-order valence-electron chi connectivity index (χ0n) is 27.6. The van der Waals surface area contributed by atoms with E-state index in [0.29, 0.717) is 0 Å². The van der Waals surface area contributed by atoms with Crippen molar-refractivity contribution < 1.29 is 72.0 Å². The van der Waals surface area contributed by atoms with Crippen LogP contribution in [-0.2, 0) is 75.0 Å². The smallest absolute Gasteiger partial charge is 0.303 e. The average molecular weight is 691 g/mol. The second-order valence-corrected chi connectivity index (χ2v) is 11.5. The standard InChI is InChI=1S/C34H42O15/c1-19(35)42-18-26-29(44-20(2)36)31(45-21(3)37)32(46-22(4)38)34(48-26)49-30-27(39)33(40)47-25(17-41-15-23-11-7-5-8-12-23)28(30)43-16-24-13-9-6-10-14-24/h5-14,25-34,39-40H,15-18H2,1-4H3/t25-,26-,27+,28-,29-,30-,31+,32+,33+,34-/m1/s1. The third-order valence-corrected chi connectivity index (χ3v) is 7.55. The normalized spacial score (nSPS) is 29.8. The van der Waals surface area contributed by atoms with Gasteiger partial charge in [0.15, 0.2) is 30.9 Å². The average Bonchev–Trinajstić information content (AvgIpc) is 3.05. The third-order valence-electron chi connectivity index (χ3n) is 7.55. The van der Waals surface area contributed by atoms with Crippen LogP contribution in [0.4, 0.5) is 0 Å². The van der Waals surface area contributed by atoms with Crippen molar-refractivity contribution >= 4 is 23.9 Å². The van der Waals surface area contributed by atoms with Gasteiger partial charge in [-0.1, -0.05) is 60.7 Å². The zero-order chi connectivity index (χ0) is 35.5. The molecule has 0 amide bonds. The Hall–Kier alpha value is -3.96. The van der Waals surface area contributed by atoms with Crippen molar-refractivity contribution in [1.82, 2.24) is 0 Å². The van der Waals surface area contributed by atoms with Crippen LogP contribution in [0.5, 0.6) is 0 Å². The number of ether oxygens (including phenoxy) is 9. The molecular formula is C34H42O15. The topological polar surface area (TPSA) is 192 Å². The molecule has 0 unspecified atom stereocenters. The van der Waals surface area contributed by atoms with Gasteiger partial charge >= 0.3 is 23.9 Å². The number of rotatable bonds is 14. The second-order valence-electron chi connectivity index (χ2n) is 11.5. The maximum absolute atomic E-state index is 12.3. The number of carbonyl (C=O) groups excluding carboxylic acids is 4. The summed E-state index contributed by atoms with van der Waals surface area (Å²) in [6.07, 6.45) is -14.5. The summed E-state index contributed by atoms with van der Waals surface area (Å²) in [6, 6.07) is 18.5. The lowest BCUT2D eigenvalue weighted by atomic mass is 9.96. The number of aliphatic hydroxyl groups excluding tert-OH is 2. The van der Waals surface area contributed by atoms with Gasteiger partial charge in [-0.15, -0.1) is 0 Å². The molecule has 4 rings (SSSR count). The fourth-order valence-electron chi connectivity index (χ4n) is 5.49. The van der Waals surface area contributed by atoms with Crippen molar-refractivity contribution in [3.63, 3.8) is 0 Å². The van der Waals surface area contributed by atoms with Gasteiger partial charge < -0.3 is 52.8 Å². The van der Waals surface area contributed by atoms with E-state index in [4.69, 9.17) is 42.6 Å². The molecule has 49 heavy (non-hydrogen) atoms. The van der Waals surface area contributed by atoms with Gasteiger partial charge in [-0.2, -0.15) is 0 Å². The van der Waals surface area contributed by atoms with E-state index in [2.05, 4.69) is 0 Å². The summed E-state index contributed by atoms with van der Waals surface area (Å²) in [6.45, 7) is 4.09. The Morgan fingerprint density at radius 1 is 0.612 bits per heavy atom. The lowest BCUT2D eigenvalue weighted by molar-refractivity contribution is -0.361. The minimum Gasteiger partial charge on any atom is -0.463 e. The van der Waals surface area contributed by atoms with Crippen LogP contribution in [0.2, 0.25) is 0 Å². The number of carbonyl (C=O) groups is 4. The number of hydrogen-bond donors (Lipinski definition) is 2. The fourth-order valence-corrected chi connectivity index (χ4v) is 5.49. The molecule has 2 N–H and O–H groups in total. The maximum Gasteiger partial charge on any atom is 0.303 e. The first kappa shape index (κ1) is 37.9. The number of hydrogen-bond acceptors (Lipinski definition) is 15. The number of esters is 4. The van der Waals surface area contributed by atoms with E-state index in [1.54, 1.807) is 0 Å². The monoisotopic (exact) mass is 690 g/mol. The van der Waals surface area contributed by atoms with E-state index in [1.165, 1.54) is 0 Å². The first-order valence-corrected chi connectivity index (χ1v) is 15.7. The Bertz CT molecular complexity index is 1370. The van der Waals surface area contributed by atoms with Crippen molar-refractivity contribution in [3.05, 3.63) is 71.8 Å². The molecule has 2 aromatic rings. The van der Waals surface area contributed by atoms with Crippen molar-refractivity contribution in [2.45, 2.75) is 102 Å². The molecule has 2 aromatic carbocycles. The highest BCUT2D eigenvalue weighted by molar-refractivity contribution is 5.68. The molecule has 10 atom stereocenters. The quantitative estimate of drug-likeness (QED) is 0.213. The highest BCUT2D eigenvalue weighted by Crippen LogP contribution is 2.34. The molecule has 0 spiro atoms. The first-order valence-electron chi connectivity index (χ1n) is 15.7. The van der Waals surface area contributed by atoms with Crippen molar-refractivity contribution in [2.75, 3.05) is 13.2 Å². The molecule has 0 saturated carbocycles. The summed E-state index contributed by atoms with van der Waals surface area (Å²) in [5, 5.41) is 22.1. The highest BCUT2D eigenvalue weighted by atomic mass is 16.8. The van der Waals surface area contributed by atoms with E-state index >= 15 is 0 Å². The van der Waals surface area contributed by atoms with Crippen LogP contribution >= 0.6 is 0 Å². The van der Waals surface area contributed by atoms with Gasteiger partial charge in [-0.25, -0.2) is 0 Å². The molecule has 0 bridgehead atoms. The molecule has 15 nitrogen and oxygen atoms in total. The van der Waals surface area contributed by atoms with E-state index in [0.717, 1.165) is 38.8 Å². The van der Waals surface area contributed by atoms with Crippen molar-refractivity contribution in [2.24, 2.45) is 0 Å². The molecule has 2 fully saturated rings. The van der Waals surface area contributed by atoms with Crippen LogP contribution in [0.3, 0.4) is 0 Å². The minimum atomic E-state index is -1.78. The largest absolute Gasteiger partial charge is 0.463 e. The van der Waals surface area contributed by atoms with Gasteiger partial charge in [0, 0.05) is 27.7 Å². The van der Waals surface area contributed by atoms with Gasteiger partial charge in [0.25, 0.3) is 0 Å². The van der Waals surface area contributed by atoms with E-state index in [-0.39, 0.29) is 19.8 Å². The summed E-state index contributed by atoms with van der Waals surface area (Å²) in [5.41, 5.74) is 1.66. The SMILES string of the molecule is CC(=O)OC[C@H]1O[C@H](O[C@@H]2[C@H](O)[C@@H](O)O[C@H](COCc3ccccc3)[C@H]2OCc2ccccc2)[C@@H](OC(C)=O)[C@@H](OC(C)=O)[C@@H]1OC(C)=O. The Morgan fingerprint density at radius 2 is 1.14 bits per heavy atom. The van der Waals surface area contributed by atoms with Gasteiger partial charge in [-0.3, -0.25) is 19.2 Å². The third kappa shape index (κ3) is 11.0. The van der Waals surface area contributed by atoms with Crippen LogP contribution in [0, 0.1) is 0 Å². The first-order chi connectivity index (χ1) is 23.4. The van der Waals surface area contributed by atoms with Crippen LogP contribution in [0.1, 0.15) is 38.8 Å². The molecule has 0 radical (unpaired) electrons. The molecule has 2 heterocycles. The summed E-state index contributed by atoms with van der Waals surface area (Å²) in [5.74, 6) is -3.15.